The number of carbonyl (C=O) groups is 2. The molecule has 1 atom stereocenters. The third-order valence-electron chi connectivity index (χ3n) is 4.11. The van der Waals surface area contributed by atoms with Gasteiger partial charge in [0.25, 0.3) is 0 Å². The van der Waals surface area contributed by atoms with Crippen LogP contribution in [-0.4, -0.2) is 23.3 Å². The molecule has 0 fully saturated rings. The second-order valence-corrected chi connectivity index (χ2v) is 5.86. The van der Waals surface area contributed by atoms with Gasteiger partial charge in [0.2, 0.25) is 11.8 Å². The fourth-order valence-electron chi connectivity index (χ4n) is 3.06. The van der Waals surface area contributed by atoms with Gasteiger partial charge in [0, 0.05) is 17.7 Å². The Kier molecular flexibility index (Phi) is 4.60. The lowest BCUT2D eigenvalue weighted by molar-refractivity contribution is -0.136. The van der Waals surface area contributed by atoms with Crippen LogP contribution in [0.3, 0.4) is 0 Å². The van der Waals surface area contributed by atoms with Crippen molar-refractivity contribution in [3.63, 3.8) is 0 Å². The highest BCUT2D eigenvalue weighted by Gasteiger charge is 2.33. The van der Waals surface area contributed by atoms with Crippen molar-refractivity contribution in [2.45, 2.75) is 25.8 Å². The zero-order valence-electron chi connectivity index (χ0n) is 13.5. The third kappa shape index (κ3) is 3.15. The maximum absolute atomic E-state index is 13.9. The minimum Gasteiger partial charge on any atom is -0.324 e. The van der Waals surface area contributed by atoms with Crippen LogP contribution in [0.25, 0.3) is 0 Å². The maximum Gasteiger partial charge on any atom is 0.244 e. The van der Waals surface area contributed by atoms with Crippen LogP contribution in [0.5, 0.6) is 0 Å². The third-order valence-corrected chi connectivity index (χ3v) is 4.11. The molecule has 3 rings (SSSR count). The van der Waals surface area contributed by atoms with Gasteiger partial charge in [-0.15, -0.1) is 0 Å². The quantitative estimate of drug-likeness (QED) is 0.938. The summed E-state index contributed by atoms with van der Waals surface area (Å²) < 4.78 is 13.9. The predicted octanol–water partition coefficient (Wildman–Crippen LogP) is 3.50. The first kappa shape index (κ1) is 16.2. The first-order valence-corrected chi connectivity index (χ1v) is 8.04. The molecule has 1 N–H and O–H groups in total. The molecule has 0 aliphatic carbocycles. The molecule has 2 amide bonds. The molecule has 0 unspecified atom stereocenters. The number of fused-ring (bicyclic) bond motifs is 1. The van der Waals surface area contributed by atoms with E-state index >= 15 is 0 Å². The van der Waals surface area contributed by atoms with E-state index in [1.165, 1.54) is 12.1 Å². The van der Waals surface area contributed by atoms with Crippen molar-refractivity contribution >= 4 is 17.5 Å². The largest absolute Gasteiger partial charge is 0.324 e. The van der Waals surface area contributed by atoms with E-state index in [2.05, 4.69) is 5.32 Å². The Balaban J connectivity index is 2.17. The van der Waals surface area contributed by atoms with E-state index in [0.717, 1.165) is 5.56 Å². The Bertz CT molecular complexity index is 761. The van der Waals surface area contributed by atoms with Gasteiger partial charge in [-0.3, -0.25) is 9.59 Å². The summed E-state index contributed by atoms with van der Waals surface area (Å²) in [4.78, 5) is 26.4. The smallest absolute Gasteiger partial charge is 0.244 e. The number of amides is 2. The molecule has 0 radical (unpaired) electrons. The Hall–Kier alpha value is -2.69. The molecule has 2 aromatic rings. The Morgan fingerprint density at radius 2 is 2.00 bits per heavy atom. The highest BCUT2D eigenvalue weighted by molar-refractivity contribution is 5.97. The van der Waals surface area contributed by atoms with E-state index in [0.29, 0.717) is 24.1 Å². The van der Waals surface area contributed by atoms with Crippen molar-refractivity contribution < 1.29 is 14.0 Å². The fourth-order valence-corrected chi connectivity index (χ4v) is 3.06. The molecule has 1 heterocycles. The van der Waals surface area contributed by atoms with Crippen molar-refractivity contribution in [3.05, 3.63) is 65.5 Å². The van der Waals surface area contributed by atoms with E-state index in [1.807, 2.05) is 37.3 Å². The topological polar surface area (TPSA) is 49.4 Å². The molecule has 2 aromatic carbocycles. The average Bonchev–Trinajstić information content (AvgIpc) is 2.71. The maximum atomic E-state index is 13.9. The van der Waals surface area contributed by atoms with Crippen molar-refractivity contribution in [1.82, 2.24) is 4.90 Å². The zero-order chi connectivity index (χ0) is 17.1. The van der Waals surface area contributed by atoms with Crippen LogP contribution in [0.15, 0.2) is 48.5 Å². The summed E-state index contributed by atoms with van der Waals surface area (Å²) in [6, 6.07) is 13.2. The van der Waals surface area contributed by atoms with Gasteiger partial charge in [-0.1, -0.05) is 37.3 Å². The van der Waals surface area contributed by atoms with E-state index < -0.39 is 11.9 Å². The molecule has 1 aliphatic rings. The molecular formula is C19H19FN2O2. The lowest BCUT2D eigenvalue weighted by Crippen LogP contribution is -2.38. The number of anilines is 1. The van der Waals surface area contributed by atoms with Gasteiger partial charge in [0.1, 0.15) is 12.4 Å². The minimum atomic E-state index is -0.491. The summed E-state index contributed by atoms with van der Waals surface area (Å²) >= 11 is 0. The molecule has 0 spiro atoms. The van der Waals surface area contributed by atoms with Crippen LogP contribution < -0.4 is 5.32 Å². The number of halogens is 1. The summed E-state index contributed by atoms with van der Waals surface area (Å²) in [5.74, 6) is -0.780. The van der Waals surface area contributed by atoms with E-state index in [4.69, 9.17) is 0 Å². The van der Waals surface area contributed by atoms with Gasteiger partial charge in [-0.2, -0.15) is 0 Å². The molecule has 1 aliphatic heterocycles. The summed E-state index contributed by atoms with van der Waals surface area (Å²) in [6.45, 7) is 1.87. The Morgan fingerprint density at radius 1 is 1.25 bits per heavy atom. The number of hydrogen-bond donors (Lipinski definition) is 1. The molecular weight excluding hydrogens is 307 g/mol. The molecule has 5 heteroatoms. The monoisotopic (exact) mass is 326 g/mol. The van der Waals surface area contributed by atoms with E-state index in [1.54, 1.807) is 11.0 Å². The number of nitrogens with zero attached hydrogens (tertiary/aromatic N) is 1. The number of rotatable bonds is 3. The molecule has 0 saturated carbocycles. The molecule has 0 saturated heterocycles. The molecule has 0 bridgehead atoms. The molecule has 4 nitrogen and oxygen atoms in total. The van der Waals surface area contributed by atoms with Crippen LogP contribution in [0.1, 0.15) is 36.9 Å². The minimum absolute atomic E-state index is 0.0469. The highest BCUT2D eigenvalue weighted by atomic mass is 19.1. The van der Waals surface area contributed by atoms with Crippen LogP contribution >= 0.6 is 0 Å². The number of benzene rings is 2. The number of nitrogens with one attached hydrogen (secondary N) is 1. The first-order valence-electron chi connectivity index (χ1n) is 8.04. The van der Waals surface area contributed by atoms with Crippen LogP contribution in [0.2, 0.25) is 0 Å². The summed E-state index contributed by atoms with van der Waals surface area (Å²) in [5, 5.41) is 2.78. The molecule has 0 aromatic heterocycles. The van der Waals surface area contributed by atoms with Gasteiger partial charge >= 0.3 is 0 Å². The Labute approximate surface area is 140 Å². The molecule has 24 heavy (non-hydrogen) atoms. The van der Waals surface area contributed by atoms with Crippen LogP contribution in [0.4, 0.5) is 10.1 Å². The van der Waals surface area contributed by atoms with Gasteiger partial charge in [0.05, 0.1) is 6.04 Å². The second kappa shape index (κ2) is 6.83. The van der Waals surface area contributed by atoms with Crippen LogP contribution in [0, 0.1) is 5.82 Å². The Morgan fingerprint density at radius 3 is 2.71 bits per heavy atom. The SMILES string of the molecule is CCCC(=O)N1CC(=O)Nc2ccc(F)cc2[C@H]1c1ccccc1. The summed E-state index contributed by atoms with van der Waals surface area (Å²) in [7, 11) is 0. The predicted molar refractivity (Wildman–Crippen MR) is 89.9 cm³/mol. The van der Waals surface area contributed by atoms with E-state index in [-0.39, 0.29) is 18.4 Å². The van der Waals surface area contributed by atoms with Crippen molar-refractivity contribution in [2.75, 3.05) is 11.9 Å². The van der Waals surface area contributed by atoms with Crippen molar-refractivity contribution in [3.8, 4) is 0 Å². The van der Waals surface area contributed by atoms with Gasteiger partial charge in [-0.05, 0) is 30.2 Å². The zero-order valence-corrected chi connectivity index (χ0v) is 13.5. The summed E-state index contributed by atoms with van der Waals surface area (Å²) in [5.41, 5.74) is 1.99. The summed E-state index contributed by atoms with van der Waals surface area (Å²) in [6.07, 6.45) is 1.04. The van der Waals surface area contributed by atoms with Gasteiger partial charge in [-0.25, -0.2) is 4.39 Å². The standard InChI is InChI=1S/C19H19FN2O2/c1-2-6-18(24)22-12-17(23)21-16-10-9-14(20)11-15(16)19(22)13-7-4-3-5-8-13/h3-5,7-11,19H,2,6,12H2,1H3,(H,21,23)/t19-/m1/s1. The van der Waals surface area contributed by atoms with Gasteiger partial charge < -0.3 is 10.2 Å². The van der Waals surface area contributed by atoms with Crippen molar-refractivity contribution in [2.24, 2.45) is 0 Å². The lowest BCUT2D eigenvalue weighted by Gasteiger charge is -2.30. The number of carbonyl (C=O) groups excluding carboxylic acids is 2. The fraction of sp³-hybridized carbons (Fsp3) is 0.263. The second-order valence-electron chi connectivity index (χ2n) is 5.86. The lowest BCUT2D eigenvalue weighted by atomic mass is 9.95. The van der Waals surface area contributed by atoms with E-state index in [9.17, 15) is 14.0 Å². The van der Waals surface area contributed by atoms with Crippen molar-refractivity contribution in [1.29, 1.82) is 0 Å². The highest BCUT2D eigenvalue weighted by Crippen LogP contribution is 2.36. The van der Waals surface area contributed by atoms with Crippen LogP contribution in [-0.2, 0) is 9.59 Å². The van der Waals surface area contributed by atoms with Gasteiger partial charge in [0.15, 0.2) is 0 Å². The first-order chi connectivity index (χ1) is 11.6. The normalized spacial score (nSPS) is 17.0. The molecule has 124 valence electrons. The number of hydrogen-bond acceptors (Lipinski definition) is 2. The average molecular weight is 326 g/mol.